The third-order valence-electron chi connectivity index (χ3n) is 3.38. The van der Waals surface area contributed by atoms with Gasteiger partial charge in [-0.05, 0) is 17.7 Å². The number of hydrogen-bond donors (Lipinski definition) is 2. The third kappa shape index (κ3) is 1.83. The molecule has 0 bridgehead atoms. The fraction of sp³-hybridized carbons (Fsp3) is 0.308. The molecule has 0 radical (unpaired) electrons. The molecule has 2 aromatic rings. The van der Waals surface area contributed by atoms with E-state index in [0.29, 0.717) is 0 Å². The molecule has 0 aliphatic carbocycles. The lowest BCUT2D eigenvalue weighted by atomic mass is 10.1. The SMILES string of the molecule is O=C(O)Cc1c2n(c3cc(Br)ccc13)CCNC2. The minimum atomic E-state index is -0.779. The highest BCUT2D eigenvalue weighted by atomic mass is 79.9. The second kappa shape index (κ2) is 4.40. The van der Waals surface area contributed by atoms with Crippen LogP contribution in [0.4, 0.5) is 0 Å². The van der Waals surface area contributed by atoms with E-state index in [1.54, 1.807) is 0 Å². The Bertz CT molecular complexity index is 633. The van der Waals surface area contributed by atoms with Gasteiger partial charge in [0.15, 0.2) is 0 Å². The van der Waals surface area contributed by atoms with Crippen molar-refractivity contribution in [1.29, 1.82) is 0 Å². The summed E-state index contributed by atoms with van der Waals surface area (Å²) in [6.07, 6.45) is 0.0855. The Morgan fingerprint density at radius 1 is 1.50 bits per heavy atom. The number of fused-ring (bicyclic) bond motifs is 3. The Morgan fingerprint density at radius 3 is 3.11 bits per heavy atom. The number of rotatable bonds is 2. The first kappa shape index (κ1) is 11.7. The Labute approximate surface area is 113 Å². The van der Waals surface area contributed by atoms with Crippen LogP contribution in [0.3, 0.4) is 0 Å². The number of nitrogens with one attached hydrogen (secondary N) is 1. The van der Waals surface area contributed by atoms with Crippen LogP contribution in [-0.2, 0) is 24.3 Å². The molecular weight excluding hydrogens is 296 g/mol. The third-order valence-corrected chi connectivity index (χ3v) is 3.88. The van der Waals surface area contributed by atoms with E-state index in [1.807, 2.05) is 12.1 Å². The van der Waals surface area contributed by atoms with Crippen molar-refractivity contribution in [3.05, 3.63) is 33.9 Å². The van der Waals surface area contributed by atoms with Gasteiger partial charge in [-0.2, -0.15) is 0 Å². The van der Waals surface area contributed by atoms with E-state index >= 15 is 0 Å². The summed E-state index contributed by atoms with van der Waals surface area (Å²) in [6.45, 7) is 2.56. The van der Waals surface area contributed by atoms with Crippen LogP contribution in [-0.4, -0.2) is 22.2 Å². The van der Waals surface area contributed by atoms with Gasteiger partial charge in [-0.3, -0.25) is 4.79 Å². The molecule has 5 heteroatoms. The number of carbonyl (C=O) groups is 1. The van der Waals surface area contributed by atoms with E-state index in [-0.39, 0.29) is 6.42 Å². The molecule has 1 aliphatic heterocycles. The van der Waals surface area contributed by atoms with Gasteiger partial charge >= 0.3 is 5.97 Å². The first-order valence-electron chi connectivity index (χ1n) is 5.89. The fourth-order valence-corrected chi connectivity index (χ4v) is 3.00. The van der Waals surface area contributed by atoms with Gasteiger partial charge < -0.3 is 15.0 Å². The van der Waals surface area contributed by atoms with Crippen LogP contribution in [0.1, 0.15) is 11.3 Å². The highest BCUT2D eigenvalue weighted by Gasteiger charge is 2.20. The number of hydrogen-bond acceptors (Lipinski definition) is 2. The molecule has 1 aromatic heterocycles. The van der Waals surface area contributed by atoms with E-state index in [2.05, 4.69) is 31.9 Å². The summed E-state index contributed by atoms with van der Waals surface area (Å²) in [6, 6.07) is 6.03. The maximum Gasteiger partial charge on any atom is 0.307 e. The fourth-order valence-electron chi connectivity index (χ4n) is 2.65. The number of aromatic nitrogens is 1. The van der Waals surface area contributed by atoms with Crippen molar-refractivity contribution in [2.45, 2.75) is 19.5 Å². The molecule has 0 saturated heterocycles. The molecule has 94 valence electrons. The lowest BCUT2D eigenvalue weighted by Gasteiger charge is -2.18. The smallest absolute Gasteiger partial charge is 0.307 e. The van der Waals surface area contributed by atoms with Crippen molar-refractivity contribution in [3.63, 3.8) is 0 Å². The minimum Gasteiger partial charge on any atom is -0.481 e. The molecule has 0 saturated carbocycles. The van der Waals surface area contributed by atoms with Crippen molar-refractivity contribution < 1.29 is 9.90 Å². The van der Waals surface area contributed by atoms with Gasteiger partial charge in [-0.15, -0.1) is 0 Å². The highest BCUT2D eigenvalue weighted by Crippen LogP contribution is 2.30. The van der Waals surface area contributed by atoms with Gasteiger partial charge in [0, 0.05) is 40.7 Å². The Kier molecular flexibility index (Phi) is 2.87. The van der Waals surface area contributed by atoms with Crippen LogP contribution >= 0.6 is 15.9 Å². The molecule has 3 rings (SSSR count). The summed E-state index contributed by atoms with van der Waals surface area (Å²) < 4.78 is 3.25. The first-order chi connectivity index (χ1) is 8.66. The van der Waals surface area contributed by atoms with Crippen molar-refractivity contribution in [1.82, 2.24) is 9.88 Å². The normalized spacial score (nSPS) is 14.7. The molecule has 0 unspecified atom stereocenters. The summed E-state index contributed by atoms with van der Waals surface area (Å²) in [5, 5.41) is 13.4. The zero-order valence-corrected chi connectivity index (χ0v) is 11.3. The van der Waals surface area contributed by atoms with E-state index < -0.39 is 5.97 Å². The minimum absolute atomic E-state index is 0.0855. The van der Waals surface area contributed by atoms with Crippen LogP contribution < -0.4 is 5.32 Å². The quantitative estimate of drug-likeness (QED) is 0.893. The molecule has 2 heterocycles. The summed E-state index contributed by atoms with van der Waals surface area (Å²) in [5.74, 6) is -0.779. The van der Waals surface area contributed by atoms with Gasteiger partial charge in [0.2, 0.25) is 0 Å². The van der Waals surface area contributed by atoms with Crippen LogP contribution in [0.2, 0.25) is 0 Å². The Balaban J connectivity index is 2.28. The molecule has 1 aliphatic rings. The molecule has 18 heavy (non-hydrogen) atoms. The predicted octanol–water partition coefficient (Wildman–Crippen LogP) is 2.13. The second-order valence-corrected chi connectivity index (χ2v) is 5.40. The standard InChI is InChI=1S/C13H13BrN2O2/c14-8-1-2-9-10(6-13(17)18)12-7-15-3-4-16(12)11(9)5-8/h1-2,5,15H,3-4,6-7H2,(H,17,18). The topological polar surface area (TPSA) is 54.3 Å². The second-order valence-electron chi connectivity index (χ2n) is 4.49. The number of carboxylic acid groups (broad SMARTS) is 1. The van der Waals surface area contributed by atoms with Gasteiger partial charge in [0.05, 0.1) is 6.42 Å². The lowest BCUT2D eigenvalue weighted by Crippen LogP contribution is -2.28. The molecule has 4 nitrogen and oxygen atoms in total. The zero-order chi connectivity index (χ0) is 12.7. The number of carboxylic acids is 1. The zero-order valence-electron chi connectivity index (χ0n) is 9.74. The Hall–Kier alpha value is -1.33. The molecule has 1 aromatic carbocycles. The lowest BCUT2D eigenvalue weighted by molar-refractivity contribution is -0.136. The van der Waals surface area contributed by atoms with Crippen LogP contribution in [0, 0.1) is 0 Å². The van der Waals surface area contributed by atoms with Gasteiger partial charge in [-0.25, -0.2) is 0 Å². The van der Waals surface area contributed by atoms with Crippen LogP contribution in [0.5, 0.6) is 0 Å². The van der Waals surface area contributed by atoms with E-state index in [4.69, 9.17) is 5.11 Å². The van der Waals surface area contributed by atoms with Gasteiger partial charge in [-0.1, -0.05) is 22.0 Å². The summed E-state index contributed by atoms with van der Waals surface area (Å²) in [4.78, 5) is 11.0. The molecule has 0 amide bonds. The molecule has 0 atom stereocenters. The summed E-state index contributed by atoms with van der Waals surface area (Å²) in [5.41, 5.74) is 3.17. The van der Waals surface area contributed by atoms with E-state index in [9.17, 15) is 4.79 Å². The predicted molar refractivity (Wildman–Crippen MR) is 72.7 cm³/mol. The monoisotopic (exact) mass is 308 g/mol. The summed E-state index contributed by atoms with van der Waals surface area (Å²) >= 11 is 3.48. The van der Waals surface area contributed by atoms with Crippen LogP contribution in [0.25, 0.3) is 10.9 Å². The van der Waals surface area contributed by atoms with Crippen molar-refractivity contribution >= 4 is 32.8 Å². The average Bonchev–Trinajstić information content (AvgIpc) is 2.64. The van der Waals surface area contributed by atoms with Gasteiger partial charge in [0.1, 0.15) is 0 Å². The number of benzene rings is 1. The maximum absolute atomic E-state index is 11.0. The number of halogens is 1. The maximum atomic E-state index is 11.0. The molecule has 0 spiro atoms. The van der Waals surface area contributed by atoms with E-state index in [1.165, 1.54) is 0 Å². The van der Waals surface area contributed by atoms with Gasteiger partial charge in [0.25, 0.3) is 0 Å². The van der Waals surface area contributed by atoms with E-state index in [0.717, 1.165) is 46.3 Å². The highest BCUT2D eigenvalue weighted by molar-refractivity contribution is 9.10. The molecular formula is C13H13BrN2O2. The number of nitrogens with zero attached hydrogens (tertiary/aromatic N) is 1. The average molecular weight is 309 g/mol. The van der Waals surface area contributed by atoms with Crippen LogP contribution in [0.15, 0.2) is 22.7 Å². The Morgan fingerprint density at radius 2 is 2.33 bits per heavy atom. The van der Waals surface area contributed by atoms with Crippen molar-refractivity contribution in [3.8, 4) is 0 Å². The van der Waals surface area contributed by atoms with Crippen molar-refractivity contribution in [2.24, 2.45) is 0 Å². The first-order valence-corrected chi connectivity index (χ1v) is 6.68. The van der Waals surface area contributed by atoms with Crippen molar-refractivity contribution in [2.75, 3.05) is 6.54 Å². The molecule has 0 fully saturated rings. The largest absolute Gasteiger partial charge is 0.481 e. The molecule has 2 N–H and O–H groups in total. The number of aliphatic carboxylic acids is 1. The summed E-state index contributed by atoms with van der Waals surface area (Å²) in [7, 11) is 0.